The smallest absolute Gasteiger partial charge is 0.222 e. The molecule has 82 valence electrons. The van der Waals surface area contributed by atoms with E-state index in [0.717, 1.165) is 6.54 Å². The Labute approximate surface area is 91.1 Å². The molecule has 2 aliphatic rings. The van der Waals surface area contributed by atoms with E-state index in [9.17, 15) is 10.1 Å². The minimum atomic E-state index is 0.112. The van der Waals surface area contributed by atoms with Crippen molar-refractivity contribution in [3.63, 3.8) is 0 Å². The van der Waals surface area contributed by atoms with Crippen molar-refractivity contribution >= 4 is 5.91 Å². The van der Waals surface area contributed by atoms with Gasteiger partial charge >= 0.3 is 0 Å². The molecular formula is C12H18N2O. The zero-order valence-electron chi connectivity index (χ0n) is 9.28. The summed E-state index contributed by atoms with van der Waals surface area (Å²) < 4.78 is 0. The molecule has 3 nitrogen and oxygen atoms in total. The summed E-state index contributed by atoms with van der Waals surface area (Å²) in [5.74, 6) is 1.16. The molecule has 3 heteroatoms. The molecule has 1 aliphatic heterocycles. The Hall–Kier alpha value is -1.04. The van der Waals surface area contributed by atoms with Gasteiger partial charge in [0, 0.05) is 25.9 Å². The van der Waals surface area contributed by atoms with Gasteiger partial charge in [-0.05, 0) is 18.8 Å². The van der Waals surface area contributed by atoms with E-state index in [1.807, 2.05) is 7.05 Å². The third kappa shape index (κ3) is 1.99. The first kappa shape index (κ1) is 10.5. The third-order valence-electron chi connectivity index (χ3n) is 3.94. The normalized spacial score (nSPS) is 29.5. The SMILES string of the molecule is CN1CC(C(C#N)C2CCCC2)CC1=O. The maximum atomic E-state index is 11.4. The van der Waals surface area contributed by atoms with E-state index < -0.39 is 0 Å². The van der Waals surface area contributed by atoms with Gasteiger partial charge in [-0.15, -0.1) is 0 Å². The Balaban J connectivity index is 2.01. The number of rotatable bonds is 2. The monoisotopic (exact) mass is 206 g/mol. The lowest BCUT2D eigenvalue weighted by molar-refractivity contribution is -0.126. The zero-order chi connectivity index (χ0) is 10.8. The molecule has 0 aromatic rings. The van der Waals surface area contributed by atoms with E-state index >= 15 is 0 Å². The number of nitriles is 1. The average molecular weight is 206 g/mol. The summed E-state index contributed by atoms with van der Waals surface area (Å²) in [5.41, 5.74) is 0. The quantitative estimate of drug-likeness (QED) is 0.691. The first-order chi connectivity index (χ1) is 7.22. The summed E-state index contributed by atoms with van der Waals surface area (Å²) in [7, 11) is 1.84. The maximum absolute atomic E-state index is 11.4. The van der Waals surface area contributed by atoms with Crippen molar-refractivity contribution in [2.24, 2.45) is 17.8 Å². The second-order valence-electron chi connectivity index (χ2n) is 4.94. The molecule has 1 saturated heterocycles. The molecule has 0 aromatic carbocycles. The summed E-state index contributed by atoms with van der Waals surface area (Å²) >= 11 is 0. The van der Waals surface area contributed by atoms with E-state index in [1.54, 1.807) is 4.90 Å². The number of carbonyl (C=O) groups excluding carboxylic acids is 1. The molecule has 1 heterocycles. The van der Waals surface area contributed by atoms with Gasteiger partial charge in [-0.1, -0.05) is 12.8 Å². The van der Waals surface area contributed by atoms with Gasteiger partial charge in [-0.3, -0.25) is 4.79 Å². The van der Waals surface area contributed by atoms with Crippen molar-refractivity contribution < 1.29 is 4.79 Å². The van der Waals surface area contributed by atoms with Gasteiger partial charge in [0.25, 0.3) is 0 Å². The van der Waals surface area contributed by atoms with Gasteiger partial charge in [0.05, 0.1) is 12.0 Å². The highest BCUT2D eigenvalue weighted by Crippen LogP contribution is 2.38. The van der Waals surface area contributed by atoms with Crippen LogP contribution in [0, 0.1) is 29.1 Å². The number of carbonyl (C=O) groups is 1. The summed E-state index contributed by atoms with van der Waals surface area (Å²) in [6.07, 6.45) is 5.49. The second-order valence-corrected chi connectivity index (χ2v) is 4.94. The van der Waals surface area contributed by atoms with Crippen LogP contribution >= 0.6 is 0 Å². The van der Waals surface area contributed by atoms with Crippen LogP contribution < -0.4 is 0 Å². The molecule has 2 unspecified atom stereocenters. The number of hydrogen-bond donors (Lipinski definition) is 0. The lowest BCUT2D eigenvalue weighted by Gasteiger charge is -2.21. The van der Waals surface area contributed by atoms with Gasteiger partial charge in [-0.2, -0.15) is 5.26 Å². The minimum absolute atomic E-state index is 0.112. The van der Waals surface area contributed by atoms with Crippen LogP contribution in [0.3, 0.4) is 0 Å². The van der Waals surface area contributed by atoms with E-state index in [2.05, 4.69) is 6.07 Å². The summed E-state index contributed by atoms with van der Waals surface area (Å²) in [5, 5.41) is 9.24. The lowest BCUT2D eigenvalue weighted by atomic mass is 9.81. The highest BCUT2D eigenvalue weighted by molar-refractivity contribution is 5.78. The third-order valence-corrected chi connectivity index (χ3v) is 3.94. The van der Waals surface area contributed by atoms with Crippen LogP contribution in [0.25, 0.3) is 0 Å². The van der Waals surface area contributed by atoms with E-state index in [1.165, 1.54) is 25.7 Å². The predicted octanol–water partition coefficient (Wildman–Crippen LogP) is 1.79. The Morgan fingerprint density at radius 2 is 2.07 bits per heavy atom. The number of amides is 1. The van der Waals surface area contributed by atoms with Crippen molar-refractivity contribution in [2.45, 2.75) is 32.1 Å². The van der Waals surface area contributed by atoms with Crippen LogP contribution in [-0.2, 0) is 4.79 Å². The number of hydrogen-bond acceptors (Lipinski definition) is 2. The largest absolute Gasteiger partial charge is 0.345 e. The fraction of sp³-hybridized carbons (Fsp3) is 0.833. The lowest BCUT2D eigenvalue weighted by Crippen LogP contribution is -2.24. The fourth-order valence-corrected chi connectivity index (χ4v) is 3.05. The molecule has 2 rings (SSSR count). The molecule has 15 heavy (non-hydrogen) atoms. The van der Waals surface area contributed by atoms with E-state index in [-0.39, 0.29) is 17.7 Å². The van der Waals surface area contributed by atoms with Crippen molar-refractivity contribution in [1.82, 2.24) is 4.90 Å². The first-order valence-electron chi connectivity index (χ1n) is 5.86. The van der Waals surface area contributed by atoms with Gasteiger partial charge in [0.2, 0.25) is 5.91 Å². The molecule has 2 fully saturated rings. The van der Waals surface area contributed by atoms with Crippen molar-refractivity contribution in [2.75, 3.05) is 13.6 Å². The Bertz CT molecular complexity index is 288. The summed E-state index contributed by atoms with van der Waals surface area (Å²) in [4.78, 5) is 13.2. The molecule has 0 bridgehead atoms. The fourth-order valence-electron chi connectivity index (χ4n) is 3.05. The summed E-state index contributed by atoms with van der Waals surface area (Å²) in [6, 6.07) is 2.45. The Kier molecular flexibility index (Phi) is 2.95. The van der Waals surface area contributed by atoms with E-state index in [4.69, 9.17) is 0 Å². The number of nitrogens with zero attached hydrogens (tertiary/aromatic N) is 2. The molecular weight excluding hydrogens is 188 g/mol. The van der Waals surface area contributed by atoms with Crippen molar-refractivity contribution in [1.29, 1.82) is 5.26 Å². The first-order valence-corrected chi connectivity index (χ1v) is 5.86. The molecule has 0 radical (unpaired) electrons. The molecule has 1 aliphatic carbocycles. The van der Waals surface area contributed by atoms with Crippen LogP contribution in [0.15, 0.2) is 0 Å². The van der Waals surface area contributed by atoms with Gasteiger partial charge in [0.15, 0.2) is 0 Å². The second kappa shape index (κ2) is 4.22. The molecule has 0 N–H and O–H groups in total. The molecule has 2 atom stereocenters. The van der Waals surface area contributed by atoms with Crippen LogP contribution in [0.4, 0.5) is 0 Å². The highest BCUT2D eigenvalue weighted by atomic mass is 16.2. The molecule has 1 saturated carbocycles. The van der Waals surface area contributed by atoms with Crippen LogP contribution in [0.2, 0.25) is 0 Å². The van der Waals surface area contributed by atoms with Gasteiger partial charge in [-0.25, -0.2) is 0 Å². The zero-order valence-corrected chi connectivity index (χ0v) is 9.28. The van der Waals surface area contributed by atoms with Crippen LogP contribution in [0.1, 0.15) is 32.1 Å². The standard InChI is InChI=1S/C12H18N2O/c1-14-8-10(6-12(14)15)11(7-13)9-4-2-3-5-9/h9-11H,2-6,8H2,1H3. The van der Waals surface area contributed by atoms with Gasteiger partial charge in [0.1, 0.15) is 0 Å². The maximum Gasteiger partial charge on any atom is 0.222 e. The Morgan fingerprint density at radius 3 is 2.53 bits per heavy atom. The molecule has 1 amide bonds. The van der Waals surface area contributed by atoms with Gasteiger partial charge < -0.3 is 4.90 Å². The average Bonchev–Trinajstić information content (AvgIpc) is 2.80. The molecule has 0 aromatic heterocycles. The minimum Gasteiger partial charge on any atom is -0.345 e. The van der Waals surface area contributed by atoms with E-state index in [0.29, 0.717) is 12.3 Å². The van der Waals surface area contributed by atoms with Crippen LogP contribution in [0.5, 0.6) is 0 Å². The van der Waals surface area contributed by atoms with Crippen molar-refractivity contribution in [3.8, 4) is 6.07 Å². The van der Waals surface area contributed by atoms with Crippen LogP contribution in [-0.4, -0.2) is 24.4 Å². The Morgan fingerprint density at radius 1 is 1.40 bits per heavy atom. The van der Waals surface area contributed by atoms with Crippen molar-refractivity contribution in [3.05, 3.63) is 0 Å². The predicted molar refractivity (Wildman–Crippen MR) is 56.8 cm³/mol. The highest BCUT2D eigenvalue weighted by Gasteiger charge is 2.37. The summed E-state index contributed by atoms with van der Waals surface area (Å²) in [6.45, 7) is 0.785. The number of likely N-dealkylation sites (tertiary alicyclic amines) is 1. The molecule has 0 spiro atoms. The topological polar surface area (TPSA) is 44.1 Å².